The molecule has 2 rings (SSSR count). The van der Waals surface area contributed by atoms with Crippen molar-refractivity contribution in [1.82, 2.24) is 4.90 Å². The van der Waals surface area contributed by atoms with Crippen molar-refractivity contribution >= 4 is 46.9 Å². The van der Waals surface area contributed by atoms with E-state index in [0.717, 1.165) is 11.3 Å². The third-order valence-electron chi connectivity index (χ3n) is 3.27. The molecule has 0 aliphatic carbocycles. The molecule has 1 saturated heterocycles. The Hall–Kier alpha value is -1.74. The number of carbonyl (C=O) groups is 3. The first-order valence-electron chi connectivity index (χ1n) is 7.38. The van der Waals surface area contributed by atoms with Crippen molar-refractivity contribution < 1.29 is 24.2 Å². The third kappa shape index (κ3) is 4.64. The van der Waals surface area contributed by atoms with Gasteiger partial charge in [0.2, 0.25) is 5.91 Å². The fourth-order valence-corrected chi connectivity index (χ4v) is 3.43. The van der Waals surface area contributed by atoms with E-state index in [0.29, 0.717) is 18.0 Å². The highest BCUT2D eigenvalue weighted by molar-refractivity contribution is 7.81. The average molecular weight is 372 g/mol. The standard InChI is InChI=1S/C15H20N2O5S2/c1-15(2,3)22-14(21)17-7-8(23)6-9(17)12(18)16-11-5-4-10(24-11)13(19)20/h4-5,8-9,23H,6-7H2,1-3H3,(H,16,18)(H,19,20). The van der Waals surface area contributed by atoms with Gasteiger partial charge in [-0.3, -0.25) is 9.69 Å². The van der Waals surface area contributed by atoms with Crippen molar-refractivity contribution in [2.75, 3.05) is 11.9 Å². The van der Waals surface area contributed by atoms with Crippen molar-refractivity contribution in [1.29, 1.82) is 0 Å². The Bertz CT molecular complexity index is 653. The lowest BCUT2D eigenvalue weighted by Gasteiger charge is -2.27. The molecule has 2 unspecified atom stereocenters. The number of hydrogen-bond acceptors (Lipinski definition) is 6. The second-order valence-corrected chi connectivity index (χ2v) is 8.31. The number of carbonyl (C=O) groups excluding carboxylic acids is 2. The van der Waals surface area contributed by atoms with E-state index < -0.39 is 23.7 Å². The lowest BCUT2D eigenvalue weighted by Crippen LogP contribution is -2.45. The van der Waals surface area contributed by atoms with E-state index in [1.54, 1.807) is 20.8 Å². The van der Waals surface area contributed by atoms with E-state index in [2.05, 4.69) is 17.9 Å². The number of rotatable bonds is 3. The number of nitrogens with one attached hydrogen (secondary N) is 1. The van der Waals surface area contributed by atoms with Gasteiger partial charge in [-0.2, -0.15) is 12.6 Å². The number of nitrogens with zero attached hydrogens (tertiary/aromatic N) is 1. The number of anilines is 1. The summed E-state index contributed by atoms with van der Waals surface area (Å²) in [5.74, 6) is -1.43. The molecule has 1 aromatic rings. The predicted molar refractivity (Wildman–Crippen MR) is 94.0 cm³/mol. The molecule has 2 heterocycles. The lowest BCUT2D eigenvalue weighted by atomic mass is 10.2. The Balaban J connectivity index is 2.07. The highest BCUT2D eigenvalue weighted by atomic mass is 32.1. The normalized spacial score (nSPS) is 20.8. The van der Waals surface area contributed by atoms with Gasteiger partial charge in [0.15, 0.2) is 0 Å². The second-order valence-electron chi connectivity index (χ2n) is 6.50. The molecule has 0 saturated carbocycles. The topological polar surface area (TPSA) is 95.9 Å². The predicted octanol–water partition coefficient (Wildman–Crippen LogP) is 2.69. The number of carboxylic acids is 1. The Morgan fingerprint density at radius 1 is 1.38 bits per heavy atom. The molecule has 2 atom stereocenters. The zero-order valence-electron chi connectivity index (χ0n) is 13.6. The third-order valence-corrected chi connectivity index (χ3v) is 4.64. The van der Waals surface area contributed by atoms with Gasteiger partial charge in [-0.05, 0) is 39.3 Å². The maximum Gasteiger partial charge on any atom is 0.411 e. The monoisotopic (exact) mass is 372 g/mol. The van der Waals surface area contributed by atoms with Crippen LogP contribution in [0.2, 0.25) is 0 Å². The number of hydrogen-bond donors (Lipinski definition) is 3. The maximum absolute atomic E-state index is 12.5. The number of amides is 2. The molecule has 0 aromatic carbocycles. The van der Waals surface area contributed by atoms with Crippen molar-refractivity contribution in [3.05, 3.63) is 17.0 Å². The van der Waals surface area contributed by atoms with Crippen LogP contribution in [0.25, 0.3) is 0 Å². The highest BCUT2D eigenvalue weighted by Crippen LogP contribution is 2.27. The fraction of sp³-hybridized carbons (Fsp3) is 0.533. The van der Waals surface area contributed by atoms with Gasteiger partial charge in [0, 0.05) is 11.8 Å². The molecule has 0 bridgehead atoms. The van der Waals surface area contributed by atoms with Crippen molar-refractivity contribution in [3.8, 4) is 0 Å². The SMILES string of the molecule is CC(C)(C)OC(=O)N1CC(S)CC1C(=O)Nc1ccc(C(=O)O)s1. The van der Waals surface area contributed by atoms with E-state index in [1.807, 2.05) is 0 Å². The lowest BCUT2D eigenvalue weighted by molar-refractivity contribution is -0.120. The van der Waals surface area contributed by atoms with E-state index in [1.165, 1.54) is 17.0 Å². The summed E-state index contributed by atoms with van der Waals surface area (Å²) in [6.45, 7) is 5.59. The Kier molecular flexibility index (Phi) is 5.44. The molecule has 1 aliphatic rings. The molecular formula is C15H20N2O5S2. The van der Waals surface area contributed by atoms with Crippen molar-refractivity contribution in [2.45, 2.75) is 44.1 Å². The highest BCUT2D eigenvalue weighted by Gasteiger charge is 2.40. The summed E-state index contributed by atoms with van der Waals surface area (Å²) >= 11 is 5.33. The molecule has 1 fully saturated rings. The minimum Gasteiger partial charge on any atom is -0.477 e. The summed E-state index contributed by atoms with van der Waals surface area (Å²) in [7, 11) is 0. The second kappa shape index (κ2) is 7.02. The average Bonchev–Trinajstić information content (AvgIpc) is 3.03. The molecule has 24 heavy (non-hydrogen) atoms. The minimum absolute atomic E-state index is 0.119. The van der Waals surface area contributed by atoms with Crippen LogP contribution in [0.5, 0.6) is 0 Å². The molecular weight excluding hydrogens is 352 g/mol. The molecule has 1 aliphatic heterocycles. The summed E-state index contributed by atoms with van der Waals surface area (Å²) < 4.78 is 5.33. The van der Waals surface area contributed by atoms with Gasteiger partial charge in [0.25, 0.3) is 0 Å². The van der Waals surface area contributed by atoms with Gasteiger partial charge in [-0.1, -0.05) is 0 Å². The van der Waals surface area contributed by atoms with E-state index in [-0.39, 0.29) is 16.0 Å². The van der Waals surface area contributed by atoms with E-state index in [4.69, 9.17) is 9.84 Å². The summed E-state index contributed by atoms with van der Waals surface area (Å²) in [5, 5.41) is 11.9. The van der Waals surface area contributed by atoms with Crippen LogP contribution in [0.3, 0.4) is 0 Å². The Morgan fingerprint density at radius 3 is 2.58 bits per heavy atom. The van der Waals surface area contributed by atoms with Crippen LogP contribution in [-0.2, 0) is 9.53 Å². The van der Waals surface area contributed by atoms with Gasteiger partial charge < -0.3 is 15.2 Å². The number of thiol groups is 1. The molecule has 2 amide bonds. The first-order chi connectivity index (χ1) is 11.1. The number of likely N-dealkylation sites (tertiary alicyclic amines) is 1. The molecule has 9 heteroatoms. The fourth-order valence-electron chi connectivity index (χ4n) is 2.31. The zero-order chi connectivity index (χ0) is 18.1. The first-order valence-corrected chi connectivity index (χ1v) is 8.72. The zero-order valence-corrected chi connectivity index (χ0v) is 15.3. The minimum atomic E-state index is -1.05. The maximum atomic E-state index is 12.5. The summed E-state index contributed by atoms with van der Waals surface area (Å²) in [6, 6.07) is 2.25. The van der Waals surface area contributed by atoms with Crippen molar-refractivity contribution in [2.24, 2.45) is 0 Å². The molecule has 1 aromatic heterocycles. The van der Waals surface area contributed by atoms with Crippen LogP contribution >= 0.6 is 24.0 Å². The van der Waals surface area contributed by atoms with Crippen molar-refractivity contribution in [3.63, 3.8) is 0 Å². The van der Waals surface area contributed by atoms with E-state index in [9.17, 15) is 14.4 Å². The summed E-state index contributed by atoms with van der Waals surface area (Å²) in [5.41, 5.74) is -0.656. The van der Waals surface area contributed by atoms with Crippen LogP contribution in [0.15, 0.2) is 12.1 Å². The molecule has 132 valence electrons. The quantitative estimate of drug-likeness (QED) is 0.709. The largest absolute Gasteiger partial charge is 0.477 e. The number of ether oxygens (including phenoxy) is 1. The van der Waals surface area contributed by atoms with Gasteiger partial charge in [-0.15, -0.1) is 11.3 Å². The van der Waals surface area contributed by atoms with Crippen LogP contribution < -0.4 is 5.32 Å². The Morgan fingerprint density at radius 2 is 2.04 bits per heavy atom. The smallest absolute Gasteiger partial charge is 0.411 e. The van der Waals surface area contributed by atoms with Crippen LogP contribution in [0, 0.1) is 0 Å². The number of carboxylic acid groups (broad SMARTS) is 1. The molecule has 2 N–H and O–H groups in total. The van der Waals surface area contributed by atoms with Gasteiger partial charge in [-0.25, -0.2) is 9.59 Å². The summed E-state index contributed by atoms with van der Waals surface area (Å²) in [4.78, 5) is 37.2. The van der Waals surface area contributed by atoms with Gasteiger partial charge >= 0.3 is 12.1 Å². The van der Waals surface area contributed by atoms with E-state index >= 15 is 0 Å². The summed E-state index contributed by atoms with van der Waals surface area (Å²) in [6.07, 6.45) is -0.151. The first kappa shape index (κ1) is 18.6. The Labute approximate surface area is 149 Å². The van der Waals surface area contributed by atoms with Crippen LogP contribution in [0.4, 0.5) is 9.80 Å². The number of aromatic carboxylic acids is 1. The van der Waals surface area contributed by atoms with Crippen LogP contribution in [-0.4, -0.2) is 51.4 Å². The number of thiophene rings is 1. The molecule has 0 spiro atoms. The molecule has 0 radical (unpaired) electrons. The van der Waals surface area contributed by atoms with Crippen LogP contribution in [0.1, 0.15) is 36.9 Å². The van der Waals surface area contributed by atoms with Gasteiger partial charge in [0.1, 0.15) is 16.5 Å². The van der Waals surface area contributed by atoms with Gasteiger partial charge in [0.05, 0.1) is 5.00 Å². The molecule has 7 nitrogen and oxygen atoms in total.